The molecule has 0 fully saturated rings. The molecule has 0 saturated carbocycles. The second kappa shape index (κ2) is 8.78. The SMILES string of the molecule is CCc1ncccc1Nc1ncc(C)n(CC(=O)NCc2cc3cc[nH]c3cn2)c1=O. The van der Waals surface area contributed by atoms with E-state index >= 15 is 0 Å². The third-order valence-electron chi connectivity index (χ3n) is 4.99. The van der Waals surface area contributed by atoms with Gasteiger partial charge in [0.15, 0.2) is 5.82 Å². The first-order valence-corrected chi connectivity index (χ1v) is 10.0. The van der Waals surface area contributed by atoms with Crippen LogP contribution in [0.3, 0.4) is 0 Å². The van der Waals surface area contributed by atoms with Crippen LogP contribution in [-0.2, 0) is 24.3 Å². The molecule has 0 spiro atoms. The van der Waals surface area contributed by atoms with Gasteiger partial charge in [-0.3, -0.25) is 24.1 Å². The molecule has 0 unspecified atom stereocenters. The molecule has 0 atom stereocenters. The second-order valence-corrected chi connectivity index (χ2v) is 7.13. The number of amides is 1. The van der Waals surface area contributed by atoms with E-state index in [0.29, 0.717) is 12.1 Å². The number of H-pyrrole nitrogens is 1. The lowest BCUT2D eigenvalue weighted by Crippen LogP contribution is -2.34. The van der Waals surface area contributed by atoms with Gasteiger partial charge in [-0.05, 0) is 37.6 Å². The van der Waals surface area contributed by atoms with Gasteiger partial charge in [-0.2, -0.15) is 0 Å². The summed E-state index contributed by atoms with van der Waals surface area (Å²) < 4.78 is 1.40. The maximum Gasteiger partial charge on any atom is 0.294 e. The number of rotatable bonds is 7. The molecule has 158 valence electrons. The lowest BCUT2D eigenvalue weighted by molar-refractivity contribution is -0.121. The van der Waals surface area contributed by atoms with Crippen LogP contribution in [0, 0.1) is 6.92 Å². The average Bonchev–Trinajstić information content (AvgIpc) is 3.25. The van der Waals surface area contributed by atoms with Crippen LogP contribution in [0.1, 0.15) is 24.0 Å². The number of carbonyl (C=O) groups is 1. The predicted octanol–water partition coefficient (Wildman–Crippen LogP) is 2.45. The summed E-state index contributed by atoms with van der Waals surface area (Å²) >= 11 is 0. The molecule has 0 aromatic carbocycles. The van der Waals surface area contributed by atoms with Crippen molar-refractivity contribution in [3.8, 4) is 0 Å². The summed E-state index contributed by atoms with van der Waals surface area (Å²) in [7, 11) is 0. The van der Waals surface area contributed by atoms with Gasteiger partial charge in [0.05, 0.1) is 35.3 Å². The molecule has 0 aliphatic carbocycles. The smallest absolute Gasteiger partial charge is 0.294 e. The van der Waals surface area contributed by atoms with Crippen molar-refractivity contribution in [2.75, 3.05) is 5.32 Å². The Hall–Kier alpha value is -4.01. The Morgan fingerprint density at radius 2 is 2.06 bits per heavy atom. The minimum Gasteiger partial charge on any atom is -0.360 e. The number of nitrogens with one attached hydrogen (secondary N) is 3. The molecule has 4 rings (SSSR count). The number of aryl methyl sites for hydroxylation is 2. The van der Waals surface area contributed by atoms with Gasteiger partial charge in [0.2, 0.25) is 5.91 Å². The Morgan fingerprint density at radius 1 is 1.19 bits per heavy atom. The fourth-order valence-electron chi connectivity index (χ4n) is 3.30. The van der Waals surface area contributed by atoms with Crippen LogP contribution in [0.5, 0.6) is 0 Å². The van der Waals surface area contributed by atoms with Gasteiger partial charge >= 0.3 is 0 Å². The number of hydrogen-bond donors (Lipinski definition) is 3. The standard InChI is InChI=1S/C22H23N7O2/c1-3-17-18(5-4-7-23-17)28-21-22(31)29(14(2)10-27-21)13-20(30)26-11-16-9-15-6-8-24-19(15)12-25-16/h4-10,12,24H,3,11,13H2,1-2H3,(H,26,30)(H,27,28). The number of fused-ring (bicyclic) bond motifs is 1. The van der Waals surface area contributed by atoms with Gasteiger partial charge in [-0.15, -0.1) is 0 Å². The number of pyridine rings is 2. The van der Waals surface area contributed by atoms with E-state index in [0.717, 1.165) is 28.0 Å². The average molecular weight is 417 g/mol. The van der Waals surface area contributed by atoms with E-state index in [-0.39, 0.29) is 30.4 Å². The lowest BCUT2D eigenvalue weighted by atomic mass is 10.2. The highest BCUT2D eigenvalue weighted by atomic mass is 16.2. The number of aromatic nitrogens is 5. The first kappa shape index (κ1) is 20.3. The van der Waals surface area contributed by atoms with Crippen LogP contribution >= 0.6 is 0 Å². The van der Waals surface area contributed by atoms with Crippen molar-refractivity contribution < 1.29 is 4.79 Å². The third-order valence-corrected chi connectivity index (χ3v) is 4.99. The van der Waals surface area contributed by atoms with Gasteiger partial charge in [-0.25, -0.2) is 4.98 Å². The molecule has 0 aliphatic rings. The van der Waals surface area contributed by atoms with Crippen LogP contribution in [0.25, 0.3) is 10.9 Å². The lowest BCUT2D eigenvalue weighted by Gasteiger charge is -2.13. The normalized spacial score (nSPS) is 10.9. The number of aromatic amines is 1. The minimum atomic E-state index is -0.368. The van der Waals surface area contributed by atoms with Crippen molar-refractivity contribution >= 4 is 28.3 Å². The van der Waals surface area contributed by atoms with Crippen LogP contribution < -0.4 is 16.2 Å². The molecule has 4 aromatic rings. The molecule has 4 heterocycles. The van der Waals surface area contributed by atoms with E-state index in [1.54, 1.807) is 31.6 Å². The number of carbonyl (C=O) groups excluding carboxylic acids is 1. The van der Waals surface area contributed by atoms with Crippen molar-refractivity contribution in [3.05, 3.63) is 76.5 Å². The number of nitrogens with zero attached hydrogens (tertiary/aromatic N) is 4. The summed E-state index contributed by atoms with van der Waals surface area (Å²) in [5.41, 5.74) is 3.47. The predicted molar refractivity (Wildman–Crippen MR) is 118 cm³/mol. The monoisotopic (exact) mass is 417 g/mol. The topological polar surface area (TPSA) is 118 Å². The zero-order chi connectivity index (χ0) is 21.8. The van der Waals surface area contributed by atoms with Crippen molar-refractivity contribution in [2.45, 2.75) is 33.4 Å². The zero-order valence-corrected chi connectivity index (χ0v) is 17.3. The number of anilines is 2. The molecular weight excluding hydrogens is 394 g/mol. The largest absolute Gasteiger partial charge is 0.360 e. The van der Waals surface area contributed by atoms with E-state index < -0.39 is 0 Å². The quantitative estimate of drug-likeness (QED) is 0.425. The molecule has 31 heavy (non-hydrogen) atoms. The molecule has 0 radical (unpaired) electrons. The van der Waals surface area contributed by atoms with Crippen LogP contribution in [0.2, 0.25) is 0 Å². The van der Waals surface area contributed by atoms with E-state index in [1.165, 1.54) is 4.57 Å². The van der Waals surface area contributed by atoms with Crippen molar-refractivity contribution in [1.82, 2.24) is 29.8 Å². The maximum atomic E-state index is 12.9. The molecule has 9 heteroatoms. The Kier molecular flexibility index (Phi) is 5.74. The van der Waals surface area contributed by atoms with Gasteiger partial charge in [0.25, 0.3) is 5.56 Å². The van der Waals surface area contributed by atoms with E-state index in [4.69, 9.17) is 0 Å². The summed E-state index contributed by atoms with van der Waals surface area (Å²) in [5, 5.41) is 6.90. The second-order valence-electron chi connectivity index (χ2n) is 7.13. The number of hydrogen-bond acceptors (Lipinski definition) is 6. The molecule has 4 aromatic heterocycles. The Bertz CT molecular complexity index is 1290. The first-order valence-electron chi connectivity index (χ1n) is 10.0. The Morgan fingerprint density at radius 3 is 2.90 bits per heavy atom. The molecule has 9 nitrogen and oxygen atoms in total. The molecule has 1 amide bonds. The molecule has 0 bridgehead atoms. The summed E-state index contributed by atoms with van der Waals surface area (Å²) in [5.74, 6) is -0.130. The molecule has 3 N–H and O–H groups in total. The summed E-state index contributed by atoms with van der Waals surface area (Å²) in [6, 6.07) is 7.50. The van der Waals surface area contributed by atoms with Crippen LogP contribution in [0.4, 0.5) is 11.5 Å². The summed E-state index contributed by atoms with van der Waals surface area (Å²) in [6.45, 7) is 3.90. The Balaban J connectivity index is 1.47. The van der Waals surface area contributed by atoms with E-state index in [9.17, 15) is 9.59 Å². The van der Waals surface area contributed by atoms with Crippen LogP contribution in [0.15, 0.2) is 53.8 Å². The fourth-order valence-corrected chi connectivity index (χ4v) is 3.30. The van der Waals surface area contributed by atoms with Gasteiger partial charge in [-0.1, -0.05) is 6.92 Å². The van der Waals surface area contributed by atoms with Gasteiger partial charge in [0, 0.05) is 29.7 Å². The van der Waals surface area contributed by atoms with Gasteiger partial charge in [0.1, 0.15) is 6.54 Å². The van der Waals surface area contributed by atoms with E-state index in [1.807, 2.05) is 31.3 Å². The third kappa shape index (κ3) is 4.45. The zero-order valence-electron chi connectivity index (χ0n) is 17.3. The maximum absolute atomic E-state index is 12.9. The highest BCUT2D eigenvalue weighted by molar-refractivity contribution is 5.79. The van der Waals surface area contributed by atoms with E-state index in [2.05, 4.69) is 30.6 Å². The van der Waals surface area contributed by atoms with Crippen molar-refractivity contribution in [1.29, 1.82) is 0 Å². The minimum absolute atomic E-state index is 0.109. The molecule has 0 saturated heterocycles. The van der Waals surface area contributed by atoms with Crippen molar-refractivity contribution in [2.24, 2.45) is 0 Å². The first-order chi connectivity index (χ1) is 15.0. The molecular formula is C22H23N7O2. The summed E-state index contributed by atoms with van der Waals surface area (Å²) in [6.07, 6.45) is 7.57. The fraction of sp³-hybridized carbons (Fsp3) is 0.227. The van der Waals surface area contributed by atoms with Crippen LogP contribution in [-0.4, -0.2) is 30.4 Å². The molecule has 0 aliphatic heterocycles. The highest BCUT2D eigenvalue weighted by Gasteiger charge is 2.13. The van der Waals surface area contributed by atoms with Crippen molar-refractivity contribution in [3.63, 3.8) is 0 Å². The van der Waals surface area contributed by atoms with Gasteiger partial charge < -0.3 is 15.6 Å². The summed E-state index contributed by atoms with van der Waals surface area (Å²) in [4.78, 5) is 41.4. The Labute approximate surface area is 178 Å². The highest BCUT2D eigenvalue weighted by Crippen LogP contribution is 2.16.